The summed E-state index contributed by atoms with van der Waals surface area (Å²) in [7, 11) is 0. The van der Waals surface area contributed by atoms with E-state index in [4.69, 9.17) is 10.5 Å². The topological polar surface area (TPSA) is 35.8 Å². The molecule has 0 bridgehead atoms. The van der Waals surface area contributed by atoms with Gasteiger partial charge in [0.2, 0.25) is 5.69 Å². The molecule has 0 aliphatic heterocycles. The van der Waals surface area contributed by atoms with E-state index >= 15 is 0 Å². The molecule has 0 atom stereocenters. The van der Waals surface area contributed by atoms with Crippen molar-refractivity contribution in [2.24, 2.45) is 0 Å². The molecule has 4 aromatic carbocycles. The smallest absolute Gasteiger partial charge is 0.234 e. The Hall–Kier alpha value is -4.18. The molecule has 5 aromatic rings. The minimum absolute atomic E-state index is 0.866. The van der Waals surface area contributed by atoms with Gasteiger partial charge in [0.05, 0.1) is 0 Å². The van der Waals surface area contributed by atoms with Gasteiger partial charge in [-0.2, -0.15) is 4.79 Å². The van der Waals surface area contributed by atoms with Gasteiger partial charge < -0.3 is 0 Å². The highest BCUT2D eigenvalue weighted by Gasteiger charge is 2.25. The summed E-state index contributed by atoms with van der Waals surface area (Å²) >= 11 is 0. The fourth-order valence-corrected chi connectivity index (χ4v) is 3.67. The summed E-state index contributed by atoms with van der Waals surface area (Å²) in [5, 5.41) is 5.06. The van der Waals surface area contributed by atoms with Gasteiger partial charge in [0, 0.05) is 16.8 Å². The van der Waals surface area contributed by atoms with Gasteiger partial charge in [-0.25, -0.2) is 0 Å². The molecule has 4 nitrogen and oxygen atoms in total. The van der Waals surface area contributed by atoms with Crippen molar-refractivity contribution in [1.82, 2.24) is 9.90 Å². The van der Waals surface area contributed by atoms with Gasteiger partial charge in [-0.3, -0.25) is 5.43 Å². The third kappa shape index (κ3) is 3.91. The first kappa shape index (κ1) is 19.8. The van der Waals surface area contributed by atoms with Crippen LogP contribution in [0.3, 0.4) is 0 Å². The molecule has 0 unspecified atom stereocenters. The Balaban J connectivity index is 1.78. The van der Waals surface area contributed by atoms with Gasteiger partial charge in [-0.05, 0) is 24.6 Å². The first-order valence-corrected chi connectivity index (χ1v) is 10.7. The molecule has 0 aliphatic rings. The summed E-state index contributed by atoms with van der Waals surface area (Å²) < 4.78 is 0. The molecule has 0 radical (unpaired) electrons. The molecule has 0 amide bonds. The van der Waals surface area contributed by atoms with Gasteiger partial charge in [-0.15, -0.1) is 4.80 Å². The highest BCUT2D eigenvalue weighted by molar-refractivity contribution is 5.76. The van der Waals surface area contributed by atoms with Crippen LogP contribution in [0, 0.1) is 13.8 Å². The number of benzene rings is 4. The van der Waals surface area contributed by atoms with E-state index in [1.807, 2.05) is 58.1 Å². The van der Waals surface area contributed by atoms with Gasteiger partial charge in [0.1, 0.15) is 0 Å². The van der Waals surface area contributed by atoms with E-state index in [0.29, 0.717) is 0 Å². The average molecular weight is 417 g/mol. The maximum Gasteiger partial charge on any atom is 0.234 e. The Morgan fingerprint density at radius 1 is 0.625 bits per heavy atom. The van der Waals surface area contributed by atoms with Gasteiger partial charge >= 0.3 is 0 Å². The minimum Gasteiger partial charge on any atom is -0.271 e. The van der Waals surface area contributed by atoms with Crippen molar-refractivity contribution in [1.29, 1.82) is 0 Å². The van der Waals surface area contributed by atoms with E-state index in [9.17, 15) is 0 Å². The second kappa shape index (κ2) is 8.52. The lowest BCUT2D eigenvalue weighted by Crippen LogP contribution is -2.40. The normalized spacial score (nSPS) is 10.8. The SMILES string of the molecule is Cc1ccc([N-][n+]2c(-c3ccccc3)c(-c3ccccc3)nn2-c2ccc(C)cc2)cc1. The van der Waals surface area contributed by atoms with E-state index in [2.05, 4.69) is 74.5 Å². The van der Waals surface area contributed by atoms with Crippen LogP contribution in [-0.2, 0) is 0 Å². The predicted octanol–water partition coefficient (Wildman–Crippen LogP) is 6.58. The molecule has 1 heterocycles. The maximum atomic E-state index is 5.06. The summed E-state index contributed by atoms with van der Waals surface area (Å²) in [6.45, 7) is 4.17. The third-order valence-corrected chi connectivity index (χ3v) is 5.40. The van der Waals surface area contributed by atoms with E-state index in [0.717, 1.165) is 33.9 Å². The number of aryl methyl sites for hydroxylation is 2. The fourth-order valence-electron chi connectivity index (χ4n) is 3.67. The van der Waals surface area contributed by atoms with Crippen molar-refractivity contribution in [3.63, 3.8) is 0 Å². The van der Waals surface area contributed by atoms with Crippen LogP contribution in [0.1, 0.15) is 11.1 Å². The molecule has 4 heteroatoms. The molecule has 0 saturated carbocycles. The van der Waals surface area contributed by atoms with Gasteiger partial charge in [0.25, 0.3) is 0 Å². The van der Waals surface area contributed by atoms with Crippen molar-refractivity contribution >= 4 is 5.69 Å². The van der Waals surface area contributed by atoms with E-state index in [1.165, 1.54) is 11.1 Å². The summed E-state index contributed by atoms with van der Waals surface area (Å²) in [5.41, 5.74) is 13.2. The molecular formula is C28H24N4. The summed E-state index contributed by atoms with van der Waals surface area (Å²) in [4.78, 5) is 3.79. The van der Waals surface area contributed by atoms with Crippen LogP contribution < -0.4 is 4.79 Å². The van der Waals surface area contributed by atoms with E-state index < -0.39 is 0 Å². The lowest BCUT2D eigenvalue weighted by molar-refractivity contribution is -0.690. The van der Waals surface area contributed by atoms with E-state index in [1.54, 1.807) is 0 Å². The highest BCUT2D eigenvalue weighted by Crippen LogP contribution is 2.30. The molecular weight excluding hydrogens is 392 g/mol. The van der Waals surface area contributed by atoms with Crippen molar-refractivity contribution in [3.05, 3.63) is 126 Å². The third-order valence-electron chi connectivity index (χ3n) is 5.40. The molecule has 0 aliphatic carbocycles. The fraction of sp³-hybridized carbons (Fsp3) is 0.0714. The first-order valence-electron chi connectivity index (χ1n) is 10.7. The van der Waals surface area contributed by atoms with Crippen molar-refractivity contribution in [3.8, 4) is 28.2 Å². The number of rotatable bonds is 5. The van der Waals surface area contributed by atoms with Gasteiger partial charge in [0.15, 0.2) is 5.69 Å². The van der Waals surface area contributed by atoms with Crippen LogP contribution in [0.15, 0.2) is 109 Å². The Morgan fingerprint density at radius 2 is 1.16 bits per heavy atom. The molecule has 0 fully saturated rings. The molecule has 1 aromatic heterocycles. The Morgan fingerprint density at radius 3 is 1.75 bits per heavy atom. The van der Waals surface area contributed by atoms with Crippen LogP contribution in [0.4, 0.5) is 5.69 Å². The predicted molar refractivity (Wildman–Crippen MR) is 129 cm³/mol. The van der Waals surface area contributed by atoms with Gasteiger partial charge in [-0.1, -0.05) is 120 Å². The lowest BCUT2D eigenvalue weighted by atomic mass is 10.1. The summed E-state index contributed by atoms with van der Waals surface area (Å²) in [6.07, 6.45) is 0. The number of aromatic nitrogens is 3. The summed E-state index contributed by atoms with van der Waals surface area (Å²) in [6, 6.07) is 37.2. The van der Waals surface area contributed by atoms with Crippen LogP contribution in [0.2, 0.25) is 0 Å². The first-order chi connectivity index (χ1) is 15.7. The maximum absolute atomic E-state index is 5.06. The van der Waals surface area contributed by atoms with Crippen molar-refractivity contribution in [2.45, 2.75) is 13.8 Å². The van der Waals surface area contributed by atoms with Crippen LogP contribution in [-0.4, -0.2) is 9.90 Å². The minimum atomic E-state index is 0.866. The molecule has 5 rings (SSSR count). The Bertz CT molecular complexity index is 1320. The largest absolute Gasteiger partial charge is 0.271 e. The average Bonchev–Trinajstić information content (AvgIpc) is 3.21. The van der Waals surface area contributed by atoms with Crippen molar-refractivity contribution in [2.75, 3.05) is 0 Å². The zero-order valence-corrected chi connectivity index (χ0v) is 18.2. The molecule has 32 heavy (non-hydrogen) atoms. The zero-order chi connectivity index (χ0) is 21.9. The standard InChI is InChI=1S/C28H24N4/c1-21-13-17-25(18-14-21)29-32-28(24-11-7-4-8-12-24)27(23-9-5-3-6-10-23)30-31(32)26-19-15-22(2)16-20-26/h3-20H,1-2H3. The summed E-state index contributed by atoms with van der Waals surface area (Å²) in [5.74, 6) is 0. The molecule has 0 spiro atoms. The monoisotopic (exact) mass is 416 g/mol. The molecule has 0 N–H and O–H groups in total. The second-order valence-corrected chi connectivity index (χ2v) is 7.88. The second-order valence-electron chi connectivity index (χ2n) is 7.88. The zero-order valence-electron chi connectivity index (χ0n) is 18.2. The van der Waals surface area contributed by atoms with Crippen molar-refractivity contribution < 1.29 is 4.79 Å². The molecule has 0 saturated heterocycles. The van der Waals surface area contributed by atoms with E-state index in [-0.39, 0.29) is 0 Å². The lowest BCUT2D eigenvalue weighted by Gasteiger charge is -2.16. The quantitative estimate of drug-likeness (QED) is 0.298. The Labute approximate surface area is 188 Å². The van der Waals surface area contributed by atoms with Crippen LogP contribution in [0.25, 0.3) is 33.6 Å². The van der Waals surface area contributed by atoms with Crippen LogP contribution >= 0.6 is 0 Å². The number of nitrogens with zero attached hydrogens (tertiary/aromatic N) is 4. The highest BCUT2D eigenvalue weighted by atomic mass is 15.7. The van der Waals surface area contributed by atoms with Crippen LogP contribution in [0.5, 0.6) is 0 Å². The Kier molecular flexibility index (Phi) is 5.26. The number of hydrogen-bond donors (Lipinski definition) is 0. The number of hydrogen-bond acceptors (Lipinski definition) is 1. The molecule has 156 valence electrons.